The van der Waals surface area contributed by atoms with Crippen LogP contribution in [0.1, 0.15) is 6.92 Å². The smallest absolute Gasteiger partial charge is 0.325 e. The van der Waals surface area contributed by atoms with Crippen LogP contribution in [0.2, 0.25) is 0 Å². The molecule has 0 fully saturated rings. The maximum atomic E-state index is 13.0. The monoisotopic (exact) mass is 442 g/mol. The molecule has 3 heterocycles. The number of para-hydroxylation sites is 2. The van der Waals surface area contributed by atoms with E-state index in [-0.39, 0.29) is 13.3 Å². The summed E-state index contributed by atoms with van der Waals surface area (Å²) in [6.07, 6.45) is -1.44. The van der Waals surface area contributed by atoms with Gasteiger partial charge in [0.05, 0.1) is 17.3 Å². The molecule has 2 aliphatic heterocycles. The Hall–Kier alpha value is -3.53. The third-order valence-electron chi connectivity index (χ3n) is 4.98. The summed E-state index contributed by atoms with van der Waals surface area (Å²) in [4.78, 5) is 29.7. The molecule has 0 saturated heterocycles. The highest BCUT2D eigenvalue weighted by molar-refractivity contribution is 7.16. The Morgan fingerprint density at radius 1 is 1.13 bits per heavy atom. The fourth-order valence-electron chi connectivity index (χ4n) is 3.44. The van der Waals surface area contributed by atoms with Crippen molar-refractivity contribution in [2.24, 2.45) is 4.99 Å². The van der Waals surface area contributed by atoms with E-state index in [0.717, 1.165) is 4.70 Å². The molecule has 160 valence electrons. The maximum absolute atomic E-state index is 13.0. The van der Waals surface area contributed by atoms with Crippen LogP contribution < -0.4 is 23.7 Å². The first-order chi connectivity index (χ1) is 15.0. The van der Waals surface area contributed by atoms with Gasteiger partial charge in [-0.1, -0.05) is 23.5 Å². The summed E-state index contributed by atoms with van der Waals surface area (Å²) in [5.74, 6) is 1.26. The first kappa shape index (κ1) is 19.4. The number of carbonyl (C=O) groups is 2. The van der Waals surface area contributed by atoms with E-state index in [4.69, 9.17) is 23.7 Å². The quantitative estimate of drug-likeness (QED) is 0.574. The summed E-state index contributed by atoms with van der Waals surface area (Å²) < 4.78 is 29.8. The number of aromatic nitrogens is 1. The van der Waals surface area contributed by atoms with Crippen molar-refractivity contribution in [2.75, 3.05) is 13.9 Å². The Bertz CT molecular complexity index is 1260. The highest BCUT2D eigenvalue weighted by atomic mass is 32.1. The molecule has 1 amide bonds. The lowest BCUT2D eigenvalue weighted by atomic mass is 10.1. The molecule has 0 radical (unpaired) electrons. The second-order valence-electron chi connectivity index (χ2n) is 6.98. The summed E-state index contributed by atoms with van der Waals surface area (Å²) in [6, 6.07) is 10.7. The zero-order valence-corrected chi connectivity index (χ0v) is 17.5. The Kier molecular flexibility index (Phi) is 4.78. The molecule has 9 nitrogen and oxygen atoms in total. The number of hydrogen-bond acceptors (Lipinski definition) is 8. The van der Waals surface area contributed by atoms with E-state index in [1.165, 1.54) is 18.4 Å². The number of fused-ring (bicyclic) bond motifs is 3. The predicted octanol–water partition coefficient (Wildman–Crippen LogP) is 2.26. The SMILES string of the molecule is COC(=O)Cn1c(=NC(=O)C2Oc3ccccc3OC2C)sc2cc3c(cc21)OCO3. The average molecular weight is 442 g/mol. The van der Waals surface area contributed by atoms with Gasteiger partial charge in [-0.2, -0.15) is 4.99 Å². The molecule has 31 heavy (non-hydrogen) atoms. The predicted molar refractivity (Wildman–Crippen MR) is 109 cm³/mol. The number of hydrogen-bond donors (Lipinski definition) is 0. The van der Waals surface area contributed by atoms with E-state index in [2.05, 4.69) is 4.99 Å². The molecule has 0 saturated carbocycles. The van der Waals surface area contributed by atoms with Gasteiger partial charge in [-0.3, -0.25) is 9.59 Å². The molecular weight excluding hydrogens is 424 g/mol. The van der Waals surface area contributed by atoms with Crippen LogP contribution in [0, 0.1) is 0 Å². The standard InChI is InChI=1S/C21H18N2O7S/c1-11-19(30-14-6-4-3-5-13(14)29-11)20(25)22-21-23(9-18(24)26-2)12-7-15-16(28-10-27-15)8-17(12)31-21/h3-8,11,19H,9-10H2,1-2H3. The minimum Gasteiger partial charge on any atom is -0.482 e. The normalized spacial score (nSPS) is 19.5. The summed E-state index contributed by atoms with van der Waals surface area (Å²) >= 11 is 1.26. The number of ether oxygens (including phenoxy) is 5. The lowest BCUT2D eigenvalue weighted by molar-refractivity contribution is -0.141. The van der Waals surface area contributed by atoms with Crippen LogP contribution in [-0.2, 0) is 20.9 Å². The molecule has 5 rings (SSSR count). The number of benzene rings is 2. The van der Waals surface area contributed by atoms with Crippen molar-refractivity contribution < 1.29 is 33.3 Å². The highest BCUT2D eigenvalue weighted by Gasteiger charge is 2.34. The number of amides is 1. The molecule has 0 aliphatic carbocycles. The molecule has 2 atom stereocenters. The Morgan fingerprint density at radius 2 is 1.84 bits per heavy atom. The van der Waals surface area contributed by atoms with Crippen molar-refractivity contribution in [3.8, 4) is 23.0 Å². The number of rotatable bonds is 3. The summed E-state index contributed by atoms with van der Waals surface area (Å²) in [5, 5.41) is 0. The van der Waals surface area contributed by atoms with Gasteiger partial charge >= 0.3 is 5.97 Å². The molecule has 10 heteroatoms. The van der Waals surface area contributed by atoms with Crippen molar-refractivity contribution in [2.45, 2.75) is 25.7 Å². The summed E-state index contributed by atoms with van der Waals surface area (Å²) in [5.41, 5.74) is 0.686. The fourth-order valence-corrected chi connectivity index (χ4v) is 4.49. The van der Waals surface area contributed by atoms with Crippen LogP contribution >= 0.6 is 11.3 Å². The van der Waals surface area contributed by atoms with Crippen molar-refractivity contribution >= 4 is 33.4 Å². The van der Waals surface area contributed by atoms with Crippen LogP contribution in [-0.4, -0.2) is 42.6 Å². The van der Waals surface area contributed by atoms with E-state index in [0.29, 0.717) is 33.3 Å². The lowest BCUT2D eigenvalue weighted by Gasteiger charge is -2.29. The lowest BCUT2D eigenvalue weighted by Crippen LogP contribution is -2.43. The minimum absolute atomic E-state index is 0.108. The molecule has 0 bridgehead atoms. The summed E-state index contributed by atoms with van der Waals surface area (Å²) in [6.45, 7) is 1.78. The Labute approximate surface area is 180 Å². The van der Waals surface area contributed by atoms with Crippen LogP contribution in [0.5, 0.6) is 23.0 Å². The van der Waals surface area contributed by atoms with Crippen LogP contribution in [0.4, 0.5) is 0 Å². The topological polar surface area (TPSA) is 97.6 Å². The largest absolute Gasteiger partial charge is 0.482 e. The van der Waals surface area contributed by atoms with Crippen LogP contribution in [0.25, 0.3) is 10.2 Å². The van der Waals surface area contributed by atoms with Crippen LogP contribution in [0.15, 0.2) is 41.4 Å². The Morgan fingerprint density at radius 3 is 2.58 bits per heavy atom. The van der Waals surface area contributed by atoms with Gasteiger partial charge in [0.15, 0.2) is 27.8 Å². The Balaban J connectivity index is 1.56. The molecule has 2 unspecified atom stereocenters. The number of nitrogens with zero attached hydrogens (tertiary/aromatic N) is 2. The molecule has 0 spiro atoms. The second-order valence-corrected chi connectivity index (χ2v) is 7.99. The van der Waals surface area contributed by atoms with Crippen molar-refractivity contribution in [1.82, 2.24) is 4.57 Å². The first-order valence-corrected chi connectivity index (χ1v) is 10.4. The van der Waals surface area contributed by atoms with Gasteiger partial charge < -0.3 is 28.3 Å². The minimum atomic E-state index is -0.914. The third-order valence-corrected chi connectivity index (χ3v) is 6.02. The van der Waals surface area contributed by atoms with Gasteiger partial charge in [0.2, 0.25) is 12.9 Å². The molecule has 2 aromatic carbocycles. The van der Waals surface area contributed by atoms with E-state index in [9.17, 15) is 9.59 Å². The van der Waals surface area contributed by atoms with Crippen molar-refractivity contribution in [3.05, 3.63) is 41.2 Å². The van der Waals surface area contributed by atoms with Gasteiger partial charge in [-0.05, 0) is 19.1 Å². The molecule has 1 aromatic heterocycles. The third kappa shape index (κ3) is 3.48. The molecule has 0 N–H and O–H groups in total. The first-order valence-electron chi connectivity index (χ1n) is 9.54. The second kappa shape index (κ2) is 7.62. The number of carbonyl (C=O) groups excluding carboxylic acids is 2. The fraction of sp³-hybridized carbons (Fsp3) is 0.286. The number of thiazole rings is 1. The molecule has 3 aromatic rings. The number of methoxy groups -OCH3 is 1. The number of esters is 1. The maximum Gasteiger partial charge on any atom is 0.325 e. The van der Waals surface area contributed by atoms with Gasteiger partial charge in [0.1, 0.15) is 12.6 Å². The van der Waals surface area contributed by atoms with E-state index in [1.54, 1.807) is 41.8 Å². The zero-order valence-electron chi connectivity index (χ0n) is 16.7. The van der Waals surface area contributed by atoms with E-state index >= 15 is 0 Å². The van der Waals surface area contributed by atoms with Gasteiger partial charge in [0.25, 0.3) is 5.91 Å². The van der Waals surface area contributed by atoms with Gasteiger partial charge in [-0.25, -0.2) is 0 Å². The van der Waals surface area contributed by atoms with Gasteiger partial charge in [0, 0.05) is 12.1 Å². The zero-order chi connectivity index (χ0) is 21.5. The van der Waals surface area contributed by atoms with Crippen molar-refractivity contribution in [3.63, 3.8) is 0 Å². The van der Waals surface area contributed by atoms with Crippen molar-refractivity contribution in [1.29, 1.82) is 0 Å². The highest BCUT2D eigenvalue weighted by Crippen LogP contribution is 2.37. The van der Waals surface area contributed by atoms with Crippen LogP contribution in [0.3, 0.4) is 0 Å². The van der Waals surface area contributed by atoms with Gasteiger partial charge in [-0.15, -0.1) is 0 Å². The van der Waals surface area contributed by atoms with E-state index in [1.807, 2.05) is 6.07 Å². The summed E-state index contributed by atoms with van der Waals surface area (Å²) in [7, 11) is 1.31. The molecular formula is C21H18N2O7S. The average Bonchev–Trinajstić information content (AvgIpc) is 3.35. The molecule has 2 aliphatic rings. The van der Waals surface area contributed by atoms with E-state index < -0.39 is 24.1 Å².